The van der Waals surface area contributed by atoms with Crippen molar-refractivity contribution in [3.05, 3.63) is 29.1 Å². The van der Waals surface area contributed by atoms with Crippen molar-refractivity contribution in [2.24, 2.45) is 5.73 Å². The standard InChI is InChI=1S/C14H23FN2O/c1-9-6-13(17(5)14(3,4)8-18)11(10(2)16)7-12(9)15/h6-7,10,18H,8,16H2,1-5H3/t10-/m0/s1. The molecule has 18 heavy (non-hydrogen) atoms. The van der Waals surface area contributed by atoms with Crippen LogP contribution in [0, 0.1) is 12.7 Å². The van der Waals surface area contributed by atoms with Crippen LogP contribution in [-0.2, 0) is 0 Å². The van der Waals surface area contributed by atoms with Crippen molar-refractivity contribution < 1.29 is 9.50 Å². The number of likely N-dealkylation sites (N-methyl/N-ethyl adjacent to an activating group) is 1. The van der Waals surface area contributed by atoms with E-state index < -0.39 is 5.54 Å². The van der Waals surface area contributed by atoms with Crippen LogP contribution in [0.5, 0.6) is 0 Å². The van der Waals surface area contributed by atoms with Gasteiger partial charge in [-0.1, -0.05) is 0 Å². The predicted molar refractivity (Wildman–Crippen MR) is 73.3 cm³/mol. The minimum Gasteiger partial charge on any atom is -0.394 e. The first kappa shape index (κ1) is 14.9. The smallest absolute Gasteiger partial charge is 0.126 e. The summed E-state index contributed by atoms with van der Waals surface area (Å²) in [6, 6.07) is 3.01. The third-order valence-electron chi connectivity index (χ3n) is 3.45. The third kappa shape index (κ3) is 2.82. The molecule has 4 heteroatoms. The first-order valence-corrected chi connectivity index (χ1v) is 6.11. The Balaban J connectivity index is 3.34. The monoisotopic (exact) mass is 254 g/mol. The van der Waals surface area contributed by atoms with Crippen LogP contribution in [0.4, 0.5) is 10.1 Å². The fourth-order valence-corrected chi connectivity index (χ4v) is 1.77. The van der Waals surface area contributed by atoms with Gasteiger partial charge in [0.2, 0.25) is 0 Å². The van der Waals surface area contributed by atoms with Gasteiger partial charge in [0.25, 0.3) is 0 Å². The molecule has 1 rings (SSSR count). The molecule has 0 radical (unpaired) electrons. The van der Waals surface area contributed by atoms with E-state index in [4.69, 9.17) is 5.73 Å². The quantitative estimate of drug-likeness (QED) is 0.867. The van der Waals surface area contributed by atoms with E-state index in [1.807, 2.05) is 32.7 Å². The highest BCUT2D eigenvalue weighted by Gasteiger charge is 2.26. The molecule has 0 saturated heterocycles. The second-order valence-corrected chi connectivity index (χ2v) is 5.48. The van der Waals surface area contributed by atoms with Gasteiger partial charge in [0.15, 0.2) is 0 Å². The number of anilines is 1. The van der Waals surface area contributed by atoms with Gasteiger partial charge in [-0.25, -0.2) is 4.39 Å². The lowest BCUT2D eigenvalue weighted by atomic mass is 9.98. The summed E-state index contributed by atoms with van der Waals surface area (Å²) >= 11 is 0. The molecular formula is C14H23FN2O. The number of hydrogen-bond acceptors (Lipinski definition) is 3. The van der Waals surface area contributed by atoms with Gasteiger partial charge in [0.1, 0.15) is 5.82 Å². The molecule has 1 aromatic carbocycles. The molecule has 102 valence electrons. The van der Waals surface area contributed by atoms with E-state index in [0.29, 0.717) is 5.56 Å². The minimum absolute atomic E-state index is 0.0122. The van der Waals surface area contributed by atoms with Gasteiger partial charge in [0, 0.05) is 18.8 Å². The Hall–Kier alpha value is -1.13. The molecule has 0 unspecified atom stereocenters. The van der Waals surface area contributed by atoms with E-state index >= 15 is 0 Å². The number of hydrogen-bond donors (Lipinski definition) is 2. The molecule has 0 aliphatic rings. The van der Waals surface area contributed by atoms with Crippen molar-refractivity contribution in [1.29, 1.82) is 0 Å². The van der Waals surface area contributed by atoms with E-state index in [9.17, 15) is 9.50 Å². The maximum absolute atomic E-state index is 13.6. The van der Waals surface area contributed by atoms with Gasteiger partial charge in [-0.2, -0.15) is 0 Å². The molecule has 0 aromatic heterocycles. The average Bonchev–Trinajstić information content (AvgIpc) is 2.30. The molecule has 1 atom stereocenters. The Morgan fingerprint density at radius 3 is 2.44 bits per heavy atom. The van der Waals surface area contributed by atoms with Crippen molar-refractivity contribution in [2.45, 2.75) is 39.3 Å². The number of benzene rings is 1. The third-order valence-corrected chi connectivity index (χ3v) is 3.45. The summed E-state index contributed by atoms with van der Waals surface area (Å²) in [6.45, 7) is 7.42. The Morgan fingerprint density at radius 2 is 2.00 bits per heavy atom. The molecule has 0 fully saturated rings. The van der Waals surface area contributed by atoms with Crippen LogP contribution in [0.2, 0.25) is 0 Å². The topological polar surface area (TPSA) is 49.5 Å². The molecule has 0 saturated carbocycles. The molecule has 0 aliphatic carbocycles. The van der Waals surface area contributed by atoms with Crippen LogP contribution in [0.3, 0.4) is 0 Å². The largest absolute Gasteiger partial charge is 0.394 e. The van der Waals surface area contributed by atoms with Crippen molar-refractivity contribution in [3.63, 3.8) is 0 Å². The maximum Gasteiger partial charge on any atom is 0.126 e. The number of rotatable bonds is 4. The Morgan fingerprint density at radius 1 is 1.44 bits per heavy atom. The van der Waals surface area contributed by atoms with Crippen LogP contribution in [0.1, 0.15) is 37.9 Å². The number of nitrogens with zero attached hydrogens (tertiary/aromatic N) is 1. The highest BCUT2D eigenvalue weighted by Crippen LogP contribution is 2.31. The second-order valence-electron chi connectivity index (χ2n) is 5.48. The normalized spacial score (nSPS) is 13.6. The summed E-state index contributed by atoms with van der Waals surface area (Å²) in [5.41, 5.74) is 7.67. The van der Waals surface area contributed by atoms with Crippen molar-refractivity contribution in [3.8, 4) is 0 Å². The molecule has 0 amide bonds. The van der Waals surface area contributed by atoms with E-state index in [1.54, 1.807) is 13.0 Å². The summed E-state index contributed by atoms with van der Waals surface area (Å²) in [4.78, 5) is 1.94. The van der Waals surface area contributed by atoms with Gasteiger partial charge < -0.3 is 15.7 Å². The number of aliphatic hydroxyl groups excluding tert-OH is 1. The van der Waals surface area contributed by atoms with Gasteiger partial charge in [0.05, 0.1) is 12.1 Å². The van der Waals surface area contributed by atoms with Crippen LogP contribution in [0.25, 0.3) is 0 Å². The van der Waals surface area contributed by atoms with Crippen molar-refractivity contribution in [1.82, 2.24) is 0 Å². The molecule has 1 aromatic rings. The molecule has 0 spiro atoms. The minimum atomic E-state index is -0.423. The zero-order valence-corrected chi connectivity index (χ0v) is 11.8. The number of nitrogens with two attached hydrogens (primary N) is 1. The molecular weight excluding hydrogens is 231 g/mol. The lowest BCUT2D eigenvalue weighted by Crippen LogP contribution is -2.45. The van der Waals surface area contributed by atoms with E-state index in [2.05, 4.69) is 0 Å². The first-order valence-electron chi connectivity index (χ1n) is 6.11. The fraction of sp³-hybridized carbons (Fsp3) is 0.571. The number of aryl methyl sites for hydroxylation is 1. The molecule has 0 heterocycles. The van der Waals surface area contributed by atoms with Crippen LogP contribution in [0.15, 0.2) is 12.1 Å². The van der Waals surface area contributed by atoms with E-state index in [0.717, 1.165) is 11.3 Å². The van der Waals surface area contributed by atoms with E-state index in [-0.39, 0.29) is 18.5 Å². The van der Waals surface area contributed by atoms with Gasteiger partial charge in [-0.05, 0) is 51.0 Å². The van der Waals surface area contributed by atoms with E-state index in [1.165, 1.54) is 6.07 Å². The first-order chi connectivity index (χ1) is 8.20. The highest BCUT2D eigenvalue weighted by molar-refractivity contribution is 5.58. The molecule has 0 bridgehead atoms. The summed E-state index contributed by atoms with van der Waals surface area (Å²) < 4.78 is 13.6. The Kier molecular flexibility index (Phi) is 4.35. The zero-order valence-electron chi connectivity index (χ0n) is 11.8. The zero-order chi connectivity index (χ0) is 14.1. The van der Waals surface area contributed by atoms with Gasteiger partial charge >= 0.3 is 0 Å². The molecule has 0 aliphatic heterocycles. The fourth-order valence-electron chi connectivity index (χ4n) is 1.77. The second kappa shape index (κ2) is 5.24. The molecule has 3 N–H and O–H groups in total. The average molecular weight is 254 g/mol. The van der Waals surface area contributed by atoms with Gasteiger partial charge in [-0.15, -0.1) is 0 Å². The van der Waals surface area contributed by atoms with Gasteiger partial charge in [-0.3, -0.25) is 0 Å². The Labute approximate surface area is 108 Å². The lowest BCUT2D eigenvalue weighted by Gasteiger charge is -2.37. The number of aliphatic hydroxyl groups is 1. The predicted octanol–water partition coefficient (Wildman–Crippen LogP) is 2.36. The summed E-state index contributed by atoms with van der Waals surface area (Å²) in [5, 5.41) is 9.43. The van der Waals surface area contributed by atoms with Crippen LogP contribution >= 0.6 is 0 Å². The van der Waals surface area contributed by atoms with Crippen molar-refractivity contribution in [2.75, 3.05) is 18.6 Å². The lowest BCUT2D eigenvalue weighted by molar-refractivity contribution is 0.216. The SMILES string of the molecule is Cc1cc(N(C)C(C)(C)CO)c([C@H](C)N)cc1F. The highest BCUT2D eigenvalue weighted by atomic mass is 19.1. The van der Waals surface area contributed by atoms with Crippen LogP contribution in [-0.4, -0.2) is 24.3 Å². The summed E-state index contributed by atoms with van der Waals surface area (Å²) in [6.07, 6.45) is 0. The maximum atomic E-state index is 13.6. The van der Waals surface area contributed by atoms with Crippen molar-refractivity contribution >= 4 is 5.69 Å². The Bertz CT molecular complexity index is 430. The number of halogens is 1. The van der Waals surface area contributed by atoms with Crippen LogP contribution < -0.4 is 10.6 Å². The molecule has 3 nitrogen and oxygen atoms in total. The summed E-state index contributed by atoms with van der Waals surface area (Å²) in [7, 11) is 1.88. The summed E-state index contributed by atoms with van der Waals surface area (Å²) in [5.74, 6) is -0.249.